The van der Waals surface area contributed by atoms with Crippen molar-refractivity contribution in [1.29, 1.82) is 0 Å². The highest BCUT2D eigenvalue weighted by Crippen LogP contribution is 2.16. The summed E-state index contributed by atoms with van der Waals surface area (Å²) in [7, 11) is 2.02. The number of aromatic amines is 1. The van der Waals surface area contributed by atoms with E-state index >= 15 is 0 Å². The molecule has 0 atom stereocenters. The van der Waals surface area contributed by atoms with Gasteiger partial charge in [-0.1, -0.05) is 38.1 Å². The molecule has 0 saturated heterocycles. The minimum absolute atomic E-state index is 0.234. The molecule has 0 fully saturated rings. The topological polar surface area (TPSA) is 109 Å². The molecular weight excluding hydrogens is 594 g/mol. The van der Waals surface area contributed by atoms with Crippen LogP contribution in [0.2, 0.25) is 0 Å². The molecule has 260 valence electrons. The molecule has 47 heavy (non-hydrogen) atoms. The van der Waals surface area contributed by atoms with Crippen molar-refractivity contribution in [2.75, 3.05) is 39.5 Å². The van der Waals surface area contributed by atoms with Crippen LogP contribution >= 0.6 is 0 Å². The first-order valence-electron chi connectivity index (χ1n) is 17.1. The quantitative estimate of drug-likeness (QED) is 0.0852. The highest BCUT2D eigenvalue weighted by Gasteiger charge is 2.23. The van der Waals surface area contributed by atoms with E-state index < -0.39 is 11.4 Å². The summed E-state index contributed by atoms with van der Waals surface area (Å²) in [5, 5.41) is 0. The average molecular weight is 652 g/mol. The van der Waals surface area contributed by atoms with Crippen molar-refractivity contribution in [3.05, 3.63) is 71.8 Å². The Kier molecular flexibility index (Phi) is 16.1. The molecule has 0 aliphatic heterocycles. The lowest BCUT2D eigenvalue weighted by Gasteiger charge is -2.24. The highest BCUT2D eigenvalue weighted by molar-refractivity contribution is 5.75. The van der Waals surface area contributed by atoms with Gasteiger partial charge in [0.05, 0.1) is 24.9 Å². The third-order valence-electron chi connectivity index (χ3n) is 7.98. The van der Waals surface area contributed by atoms with Crippen molar-refractivity contribution >= 4 is 11.9 Å². The Morgan fingerprint density at radius 1 is 0.787 bits per heavy atom. The van der Waals surface area contributed by atoms with Crippen LogP contribution in [0.5, 0.6) is 0 Å². The number of nitrogens with zero attached hydrogens (tertiary/aromatic N) is 6. The fourth-order valence-electron chi connectivity index (χ4n) is 5.37. The predicted molar refractivity (Wildman–Crippen MR) is 184 cm³/mol. The number of carbonyl (C=O) groups excluding carboxylic acids is 2. The van der Waals surface area contributed by atoms with Crippen LogP contribution in [-0.2, 0) is 52.3 Å². The SMILES string of the molecule is CCCN(CCC)CCCCN(CCC(=O)OCOC(=O)C(C)(C)C)Cc1ccc(CN(Cc2ncc[nH]2)Cc2nccn2C)cc1. The fraction of sp³-hybridized carbons (Fsp3) is 0.611. The van der Waals surface area contributed by atoms with Crippen molar-refractivity contribution in [2.24, 2.45) is 12.5 Å². The van der Waals surface area contributed by atoms with E-state index in [0.717, 1.165) is 63.8 Å². The first-order chi connectivity index (χ1) is 22.6. The molecule has 11 heteroatoms. The maximum absolute atomic E-state index is 12.5. The second-order valence-corrected chi connectivity index (χ2v) is 13.3. The number of unbranched alkanes of at least 4 members (excludes halogenated alkanes) is 1. The maximum Gasteiger partial charge on any atom is 0.314 e. The van der Waals surface area contributed by atoms with E-state index in [9.17, 15) is 9.59 Å². The standard InChI is InChI=1S/C36H57N7O4/c1-7-19-41(20-8-2)21-9-10-22-42(23-15-34(44)46-29-47-35(45)36(3,4)5)25-30-11-13-31(14-12-30)26-43(27-32-37-16-17-38-32)28-33-39-18-24-40(33)6/h11-14,16-18,24H,7-10,15,19-23,25-29H2,1-6H3,(H,37,38). The second-order valence-electron chi connectivity index (χ2n) is 13.3. The minimum Gasteiger partial charge on any atom is -0.428 e. The number of benzene rings is 1. The molecule has 2 aromatic heterocycles. The van der Waals surface area contributed by atoms with Crippen molar-refractivity contribution in [1.82, 2.24) is 34.2 Å². The molecule has 1 aromatic carbocycles. The van der Waals surface area contributed by atoms with Gasteiger partial charge >= 0.3 is 11.9 Å². The van der Waals surface area contributed by atoms with Crippen LogP contribution in [0, 0.1) is 5.41 Å². The van der Waals surface area contributed by atoms with Crippen LogP contribution in [0.3, 0.4) is 0 Å². The summed E-state index contributed by atoms with van der Waals surface area (Å²) in [6.45, 7) is 17.1. The number of ether oxygens (including phenoxy) is 2. The Morgan fingerprint density at radius 3 is 1.98 bits per heavy atom. The summed E-state index contributed by atoms with van der Waals surface area (Å²) in [5.74, 6) is 1.16. The number of nitrogens with one attached hydrogen (secondary N) is 1. The van der Waals surface area contributed by atoms with Crippen LogP contribution < -0.4 is 0 Å². The lowest BCUT2D eigenvalue weighted by molar-refractivity contribution is -0.173. The van der Waals surface area contributed by atoms with Gasteiger partial charge < -0.3 is 23.9 Å². The molecule has 0 spiro atoms. The van der Waals surface area contributed by atoms with Crippen LogP contribution in [0.1, 0.15) is 89.5 Å². The summed E-state index contributed by atoms with van der Waals surface area (Å²) in [6, 6.07) is 8.74. The molecule has 0 amide bonds. The van der Waals surface area contributed by atoms with Gasteiger partial charge in [0.1, 0.15) is 11.6 Å². The van der Waals surface area contributed by atoms with E-state index in [1.165, 1.54) is 24.0 Å². The number of rotatable bonds is 22. The third-order valence-corrected chi connectivity index (χ3v) is 7.98. The molecule has 2 heterocycles. The third kappa shape index (κ3) is 14.4. The number of aryl methyl sites for hydroxylation is 1. The van der Waals surface area contributed by atoms with Crippen LogP contribution in [0.15, 0.2) is 49.1 Å². The maximum atomic E-state index is 12.5. The number of hydrogen-bond donors (Lipinski definition) is 1. The van der Waals surface area contributed by atoms with Gasteiger partial charge in [-0.2, -0.15) is 0 Å². The van der Waals surface area contributed by atoms with Crippen LogP contribution in [-0.4, -0.2) is 85.7 Å². The number of hydrogen-bond acceptors (Lipinski definition) is 9. The second kappa shape index (κ2) is 20.0. The van der Waals surface area contributed by atoms with E-state index in [-0.39, 0.29) is 19.2 Å². The number of aromatic nitrogens is 4. The molecular formula is C36H57N7O4. The van der Waals surface area contributed by atoms with Gasteiger partial charge in [-0.05, 0) is 83.8 Å². The molecule has 3 rings (SSSR count). The van der Waals surface area contributed by atoms with Crippen LogP contribution in [0.25, 0.3) is 0 Å². The Morgan fingerprint density at radius 2 is 1.43 bits per heavy atom. The average Bonchev–Trinajstić information content (AvgIpc) is 3.69. The zero-order valence-corrected chi connectivity index (χ0v) is 29.5. The van der Waals surface area contributed by atoms with Crippen molar-refractivity contribution in [3.8, 4) is 0 Å². The first kappa shape index (κ1) is 37.9. The van der Waals surface area contributed by atoms with Gasteiger partial charge in [-0.25, -0.2) is 9.97 Å². The van der Waals surface area contributed by atoms with Gasteiger partial charge in [0.25, 0.3) is 0 Å². The molecule has 1 N–H and O–H groups in total. The molecule has 0 bridgehead atoms. The zero-order chi connectivity index (χ0) is 34.1. The molecule has 11 nitrogen and oxygen atoms in total. The van der Waals surface area contributed by atoms with Gasteiger partial charge in [0.2, 0.25) is 6.79 Å². The molecule has 0 unspecified atom stereocenters. The molecule has 0 aliphatic carbocycles. The first-order valence-corrected chi connectivity index (χ1v) is 17.1. The Labute approximate surface area is 281 Å². The summed E-state index contributed by atoms with van der Waals surface area (Å²) < 4.78 is 12.4. The van der Waals surface area contributed by atoms with E-state index in [1.54, 1.807) is 27.0 Å². The predicted octanol–water partition coefficient (Wildman–Crippen LogP) is 5.53. The molecule has 0 radical (unpaired) electrons. The van der Waals surface area contributed by atoms with Crippen molar-refractivity contribution < 1.29 is 19.1 Å². The summed E-state index contributed by atoms with van der Waals surface area (Å²) in [6.07, 6.45) is 12.2. The Hall–Kier alpha value is -3.54. The summed E-state index contributed by atoms with van der Waals surface area (Å²) >= 11 is 0. The summed E-state index contributed by atoms with van der Waals surface area (Å²) in [5.41, 5.74) is 1.77. The summed E-state index contributed by atoms with van der Waals surface area (Å²) in [4.78, 5) is 43.9. The number of imidazole rings is 2. The number of esters is 2. The van der Waals surface area contributed by atoms with Crippen molar-refractivity contribution in [3.63, 3.8) is 0 Å². The fourth-order valence-corrected chi connectivity index (χ4v) is 5.37. The highest BCUT2D eigenvalue weighted by atomic mass is 16.7. The van der Waals surface area contributed by atoms with Gasteiger partial charge in [-0.3, -0.25) is 19.4 Å². The van der Waals surface area contributed by atoms with Crippen LogP contribution in [0.4, 0.5) is 0 Å². The number of H-pyrrole nitrogens is 1. The lowest BCUT2D eigenvalue weighted by atomic mass is 9.98. The smallest absolute Gasteiger partial charge is 0.314 e. The van der Waals surface area contributed by atoms with Gasteiger partial charge in [-0.15, -0.1) is 0 Å². The van der Waals surface area contributed by atoms with Crippen molar-refractivity contribution in [2.45, 2.75) is 92.9 Å². The van der Waals surface area contributed by atoms with Gasteiger partial charge in [0.15, 0.2) is 0 Å². The zero-order valence-electron chi connectivity index (χ0n) is 29.5. The lowest BCUT2D eigenvalue weighted by Crippen LogP contribution is -2.30. The van der Waals surface area contributed by atoms with Gasteiger partial charge in [0, 0.05) is 51.5 Å². The largest absolute Gasteiger partial charge is 0.428 e. The molecule has 0 saturated carbocycles. The molecule has 0 aliphatic rings. The Balaban J connectivity index is 1.59. The van der Waals surface area contributed by atoms with E-state index in [2.05, 4.69) is 67.8 Å². The normalized spacial score (nSPS) is 11.9. The monoisotopic (exact) mass is 651 g/mol. The minimum atomic E-state index is -0.640. The van der Waals surface area contributed by atoms with E-state index in [0.29, 0.717) is 19.6 Å². The number of carbonyl (C=O) groups is 2. The molecule has 3 aromatic rings. The van der Waals surface area contributed by atoms with E-state index in [1.807, 2.05) is 30.2 Å². The Bertz CT molecular complexity index is 1300. The van der Waals surface area contributed by atoms with E-state index in [4.69, 9.17) is 9.47 Å².